The molecule has 1 aliphatic heterocycles. The second-order valence-corrected chi connectivity index (χ2v) is 5.02. The highest BCUT2D eigenvalue weighted by molar-refractivity contribution is 5.14. The molecule has 4 heteroatoms. The molecule has 1 aromatic carbocycles. The smallest absolute Gasteiger partial charge is 0.0834 e. The molecule has 18 heavy (non-hydrogen) atoms. The summed E-state index contributed by atoms with van der Waals surface area (Å²) in [7, 11) is 1.95. The molecule has 100 valence electrons. The van der Waals surface area contributed by atoms with Crippen LogP contribution in [0.25, 0.3) is 0 Å². The van der Waals surface area contributed by atoms with E-state index < -0.39 is 0 Å². The number of hydrogen-bond acceptors (Lipinski definition) is 4. The van der Waals surface area contributed by atoms with Gasteiger partial charge in [0.1, 0.15) is 0 Å². The molecule has 0 radical (unpaired) electrons. The van der Waals surface area contributed by atoms with Crippen molar-refractivity contribution < 1.29 is 10.2 Å². The van der Waals surface area contributed by atoms with Gasteiger partial charge < -0.3 is 10.2 Å². The Balaban J connectivity index is 1.90. The zero-order valence-electron chi connectivity index (χ0n) is 10.9. The first-order chi connectivity index (χ1) is 8.70. The molecule has 1 fully saturated rings. The zero-order chi connectivity index (χ0) is 13.0. The van der Waals surface area contributed by atoms with Crippen LogP contribution in [0.2, 0.25) is 0 Å². The summed E-state index contributed by atoms with van der Waals surface area (Å²) in [6.07, 6.45) is -0.328. The fraction of sp³-hybridized carbons (Fsp3) is 0.571. The van der Waals surface area contributed by atoms with E-state index in [-0.39, 0.29) is 18.8 Å². The number of hydrogen-bond donors (Lipinski definition) is 2. The Hall–Kier alpha value is -0.940. The average molecular weight is 250 g/mol. The van der Waals surface area contributed by atoms with Crippen molar-refractivity contribution in [1.29, 1.82) is 0 Å². The van der Waals surface area contributed by atoms with Gasteiger partial charge in [-0.25, -0.2) is 0 Å². The lowest BCUT2D eigenvalue weighted by atomic mass is 10.2. The van der Waals surface area contributed by atoms with Gasteiger partial charge in [0, 0.05) is 32.2 Å². The summed E-state index contributed by atoms with van der Waals surface area (Å²) >= 11 is 0. The maximum absolute atomic E-state index is 10.1. The second-order valence-electron chi connectivity index (χ2n) is 5.02. The van der Waals surface area contributed by atoms with E-state index >= 15 is 0 Å². The van der Waals surface area contributed by atoms with E-state index in [1.54, 1.807) is 0 Å². The van der Waals surface area contributed by atoms with Crippen LogP contribution in [-0.2, 0) is 6.54 Å². The van der Waals surface area contributed by atoms with Gasteiger partial charge in [0.05, 0.1) is 12.7 Å². The summed E-state index contributed by atoms with van der Waals surface area (Å²) in [6.45, 7) is 3.18. The van der Waals surface area contributed by atoms with Crippen molar-refractivity contribution in [3.63, 3.8) is 0 Å². The van der Waals surface area contributed by atoms with Gasteiger partial charge >= 0.3 is 0 Å². The minimum atomic E-state index is -0.328. The fourth-order valence-corrected chi connectivity index (χ4v) is 2.57. The molecule has 2 rings (SSSR count). The van der Waals surface area contributed by atoms with Crippen LogP contribution in [0, 0.1) is 0 Å². The lowest BCUT2D eigenvalue weighted by molar-refractivity contribution is 0.0872. The molecule has 1 aromatic rings. The Morgan fingerprint density at radius 2 is 2.00 bits per heavy atom. The summed E-state index contributed by atoms with van der Waals surface area (Å²) in [5, 5.41) is 19.0. The quantitative estimate of drug-likeness (QED) is 0.781. The SMILES string of the molecule is CN(CCO)C1CN(Cc2ccccc2)CC1O. The number of β-amino-alcohol motifs (C(OH)–C–C–N with tert-alkyl or cyclic N) is 1. The third-order valence-corrected chi connectivity index (χ3v) is 3.60. The number of aliphatic hydroxyl groups is 2. The normalized spacial score (nSPS) is 24.9. The van der Waals surface area contributed by atoms with Crippen LogP contribution < -0.4 is 0 Å². The molecular weight excluding hydrogens is 228 g/mol. The first kappa shape index (κ1) is 13.5. The van der Waals surface area contributed by atoms with Gasteiger partial charge in [-0.2, -0.15) is 0 Å². The molecule has 0 spiro atoms. The molecule has 0 aromatic heterocycles. The monoisotopic (exact) mass is 250 g/mol. The third kappa shape index (κ3) is 3.29. The number of benzene rings is 1. The van der Waals surface area contributed by atoms with Gasteiger partial charge in [0.2, 0.25) is 0 Å². The van der Waals surface area contributed by atoms with Gasteiger partial charge in [-0.15, -0.1) is 0 Å². The van der Waals surface area contributed by atoms with E-state index in [9.17, 15) is 5.11 Å². The highest BCUT2D eigenvalue weighted by Gasteiger charge is 2.33. The molecule has 0 aliphatic carbocycles. The molecule has 0 saturated carbocycles. The van der Waals surface area contributed by atoms with Crippen molar-refractivity contribution in [2.75, 3.05) is 33.3 Å². The number of likely N-dealkylation sites (tertiary alicyclic amines) is 1. The average Bonchev–Trinajstić information content (AvgIpc) is 2.72. The van der Waals surface area contributed by atoms with Crippen molar-refractivity contribution in [1.82, 2.24) is 9.80 Å². The van der Waals surface area contributed by atoms with Crippen molar-refractivity contribution in [3.05, 3.63) is 35.9 Å². The Labute approximate surface area is 108 Å². The van der Waals surface area contributed by atoms with Crippen LogP contribution in [0.5, 0.6) is 0 Å². The molecule has 2 atom stereocenters. The summed E-state index contributed by atoms with van der Waals surface area (Å²) in [6, 6.07) is 10.4. The highest BCUT2D eigenvalue weighted by Crippen LogP contribution is 2.17. The predicted octanol–water partition coefficient (Wildman–Crippen LogP) is 0.156. The van der Waals surface area contributed by atoms with E-state index in [2.05, 4.69) is 17.0 Å². The van der Waals surface area contributed by atoms with Crippen LogP contribution in [0.15, 0.2) is 30.3 Å². The van der Waals surface area contributed by atoms with Gasteiger partial charge in [0.15, 0.2) is 0 Å². The molecule has 0 bridgehead atoms. The number of nitrogens with zero attached hydrogens (tertiary/aromatic N) is 2. The standard InChI is InChI=1S/C14H22N2O2/c1-15(7-8-17)13-10-16(11-14(13)18)9-12-5-3-2-4-6-12/h2-6,13-14,17-18H,7-11H2,1H3. The largest absolute Gasteiger partial charge is 0.395 e. The molecular formula is C14H22N2O2. The summed E-state index contributed by atoms with van der Waals surface area (Å²) in [4.78, 5) is 4.30. The Kier molecular flexibility index (Phi) is 4.72. The maximum Gasteiger partial charge on any atom is 0.0834 e. The Morgan fingerprint density at radius 3 is 2.67 bits per heavy atom. The summed E-state index contributed by atoms with van der Waals surface area (Å²) in [5.41, 5.74) is 1.27. The van der Waals surface area contributed by atoms with Crippen LogP contribution >= 0.6 is 0 Å². The van der Waals surface area contributed by atoms with Crippen LogP contribution in [-0.4, -0.2) is 65.4 Å². The molecule has 1 heterocycles. The van der Waals surface area contributed by atoms with Crippen molar-refractivity contribution in [2.45, 2.75) is 18.7 Å². The van der Waals surface area contributed by atoms with E-state index in [0.29, 0.717) is 13.1 Å². The van der Waals surface area contributed by atoms with Crippen molar-refractivity contribution in [2.24, 2.45) is 0 Å². The van der Waals surface area contributed by atoms with Gasteiger partial charge in [-0.3, -0.25) is 9.80 Å². The minimum absolute atomic E-state index is 0.126. The van der Waals surface area contributed by atoms with Gasteiger partial charge in [-0.05, 0) is 12.6 Å². The Bertz CT molecular complexity index is 358. The third-order valence-electron chi connectivity index (χ3n) is 3.60. The van der Waals surface area contributed by atoms with Gasteiger partial charge in [-0.1, -0.05) is 30.3 Å². The highest BCUT2D eigenvalue weighted by atomic mass is 16.3. The number of rotatable bonds is 5. The van der Waals surface area contributed by atoms with E-state index in [0.717, 1.165) is 13.1 Å². The molecule has 1 aliphatic rings. The van der Waals surface area contributed by atoms with Crippen molar-refractivity contribution >= 4 is 0 Å². The van der Waals surface area contributed by atoms with Gasteiger partial charge in [0.25, 0.3) is 0 Å². The maximum atomic E-state index is 10.1. The fourth-order valence-electron chi connectivity index (χ4n) is 2.57. The number of aliphatic hydroxyl groups excluding tert-OH is 2. The van der Waals surface area contributed by atoms with E-state index in [1.165, 1.54) is 5.56 Å². The Morgan fingerprint density at radius 1 is 1.28 bits per heavy atom. The van der Waals surface area contributed by atoms with E-state index in [4.69, 9.17) is 5.11 Å². The van der Waals surface area contributed by atoms with E-state index in [1.807, 2.05) is 30.1 Å². The first-order valence-corrected chi connectivity index (χ1v) is 6.46. The molecule has 1 saturated heterocycles. The van der Waals surface area contributed by atoms with Crippen LogP contribution in [0.4, 0.5) is 0 Å². The van der Waals surface area contributed by atoms with Crippen LogP contribution in [0.1, 0.15) is 5.56 Å². The first-order valence-electron chi connectivity index (χ1n) is 6.46. The zero-order valence-corrected chi connectivity index (χ0v) is 10.9. The molecule has 0 amide bonds. The lowest BCUT2D eigenvalue weighted by Gasteiger charge is -2.25. The predicted molar refractivity (Wildman–Crippen MR) is 71.2 cm³/mol. The van der Waals surface area contributed by atoms with Crippen molar-refractivity contribution in [3.8, 4) is 0 Å². The number of likely N-dealkylation sites (N-methyl/N-ethyl adjacent to an activating group) is 1. The molecule has 2 N–H and O–H groups in total. The second kappa shape index (κ2) is 6.29. The summed E-state index contributed by atoms with van der Waals surface area (Å²) < 4.78 is 0. The minimum Gasteiger partial charge on any atom is -0.395 e. The lowest BCUT2D eigenvalue weighted by Crippen LogP contribution is -2.42. The summed E-state index contributed by atoms with van der Waals surface area (Å²) in [5.74, 6) is 0. The van der Waals surface area contributed by atoms with Crippen LogP contribution in [0.3, 0.4) is 0 Å². The topological polar surface area (TPSA) is 46.9 Å². The molecule has 4 nitrogen and oxygen atoms in total. The molecule has 2 unspecified atom stereocenters.